The van der Waals surface area contributed by atoms with E-state index in [1.807, 2.05) is 14.0 Å². The Morgan fingerprint density at radius 2 is 2.17 bits per heavy atom. The first-order valence-electron chi connectivity index (χ1n) is 4.33. The largest absolute Gasteiger partial charge is 0.374 e. The fourth-order valence-corrected chi connectivity index (χ4v) is 1.29. The molecule has 0 aromatic heterocycles. The molecule has 0 fully saturated rings. The molecule has 0 bridgehead atoms. The van der Waals surface area contributed by atoms with Crippen LogP contribution in [-0.2, 0) is 4.74 Å². The van der Waals surface area contributed by atoms with Crippen LogP contribution >= 0.6 is 0 Å². The summed E-state index contributed by atoms with van der Waals surface area (Å²) in [6, 6.07) is 0.224. The second-order valence-electron chi connectivity index (χ2n) is 3.29. The van der Waals surface area contributed by atoms with Gasteiger partial charge in [-0.05, 0) is 27.8 Å². The highest BCUT2D eigenvalue weighted by Gasteiger charge is 2.27. The second-order valence-corrected chi connectivity index (χ2v) is 3.29. The van der Waals surface area contributed by atoms with Gasteiger partial charge in [0.05, 0.1) is 5.60 Å². The summed E-state index contributed by atoms with van der Waals surface area (Å²) in [6.45, 7) is 6.81. The van der Waals surface area contributed by atoms with Gasteiger partial charge in [-0.2, -0.15) is 0 Å². The molecule has 0 aliphatic heterocycles. The van der Waals surface area contributed by atoms with Crippen LogP contribution in [0.15, 0.2) is 0 Å². The molecule has 2 nitrogen and oxygen atoms in total. The molecule has 1 atom stereocenters. The maximum atomic E-state index is 5.58. The Labute approximate surface area is 75.7 Å². The predicted octanol–water partition coefficient (Wildman–Crippen LogP) is 1.41. The quantitative estimate of drug-likeness (QED) is 0.628. The van der Waals surface area contributed by atoms with Crippen molar-refractivity contribution in [2.45, 2.75) is 38.8 Å². The van der Waals surface area contributed by atoms with E-state index in [1.54, 1.807) is 0 Å². The molecule has 1 unspecified atom stereocenters. The minimum absolute atomic E-state index is 0.185. The number of rotatable bonds is 5. The zero-order chi connectivity index (χ0) is 9.61. The summed E-state index contributed by atoms with van der Waals surface area (Å²) in [5.41, 5.74) is -0.185. The molecule has 0 spiro atoms. The smallest absolute Gasteiger partial charge is 0.0787 e. The van der Waals surface area contributed by atoms with Crippen LogP contribution in [0.25, 0.3) is 0 Å². The highest BCUT2D eigenvalue weighted by Crippen LogP contribution is 2.16. The molecule has 0 saturated heterocycles. The molecule has 0 aliphatic carbocycles. The number of likely N-dealkylation sites (N-methyl/N-ethyl adjacent to an activating group) is 1. The van der Waals surface area contributed by atoms with Gasteiger partial charge in [0.25, 0.3) is 0 Å². The first kappa shape index (κ1) is 11.5. The topological polar surface area (TPSA) is 21.3 Å². The van der Waals surface area contributed by atoms with Gasteiger partial charge in [0, 0.05) is 19.1 Å². The Morgan fingerprint density at radius 3 is 2.50 bits per heavy atom. The third kappa shape index (κ3) is 3.25. The van der Waals surface area contributed by atoms with Crippen molar-refractivity contribution in [3.05, 3.63) is 0 Å². The van der Waals surface area contributed by atoms with Gasteiger partial charge in [-0.25, -0.2) is 0 Å². The van der Waals surface area contributed by atoms with Crippen LogP contribution in [0.2, 0.25) is 0 Å². The molecule has 0 amide bonds. The van der Waals surface area contributed by atoms with Crippen LogP contribution in [-0.4, -0.2) is 25.3 Å². The molecule has 2 heteroatoms. The molecule has 0 radical (unpaired) electrons. The third-order valence-corrected chi connectivity index (χ3v) is 2.03. The van der Waals surface area contributed by atoms with Crippen LogP contribution in [0.4, 0.5) is 0 Å². The van der Waals surface area contributed by atoms with Gasteiger partial charge in [0.1, 0.15) is 0 Å². The lowest BCUT2D eigenvalue weighted by Gasteiger charge is -2.32. The molecular formula is C10H19NO. The Hall–Kier alpha value is -0.520. The lowest BCUT2D eigenvalue weighted by atomic mass is 9.96. The van der Waals surface area contributed by atoms with E-state index in [0.29, 0.717) is 6.42 Å². The lowest BCUT2D eigenvalue weighted by Crippen LogP contribution is -2.47. The highest BCUT2D eigenvalue weighted by molar-refractivity contribution is 4.96. The minimum atomic E-state index is -0.185. The average Bonchev–Trinajstić information content (AvgIpc) is 1.99. The molecule has 0 heterocycles. The van der Waals surface area contributed by atoms with Gasteiger partial charge in [-0.1, -0.05) is 0 Å². The zero-order valence-electron chi connectivity index (χ0n) is 8.48. The van der Waals surface area contributed by atoms with Crippen molar-refractivity contribution in [3.8, 4) is 12.3 Å². The summed E-state index contributed by atoms with van der Waals surface area (Å²) in [5.74, 6) is 2.64. The molecule has 0 rings (SSSR count). The van der Waals surface area contributed by atoms with E-state index in [-0.39, 0.29) is 11.6 Å². The normalized spacial score (nSPS) is 13.9. The van der Waals surface area contributed by atoms with Gasteiger partial charge in [0.2, 0.25) is 0 Å². The summed E-state index contributed by atoms with van der Waals surface area (Å²) >= 11 is 0. The van der Waals surface area contributed by atoms with Gasteiger partial charge in [0.15, 0.2) is 0 Å². The summed E-state index contributed by atoms with van der Waals surface area (Å²) in [5, 5.41) is 3.16. The molecule has 0 aliphatic rings. The van der Waals surface area contributed by atoms with Gasteiger partial charge in [-0.15, -0.1) is 12.3 Å². The van der Waals surface area contributed by atoms with Crippen molar-refractivity contribution in [1.82, 2.24) is 5.32 Å². The third-order valence-electron chi connectivity index (χ3n) is 2.03. The van der Waals surface area contributed by atoms with E-state index in [4.69, 9.17) is 11.2 Å². The summed E-state index contributed by atoms with van der Waals surface area (Å²) in [6.07, 6.45) is 5.95. The fraction of sp³-hybridized carbons (Fsp3) is 0.800. The molecule has 70 valence electrons. The van der Waals surface area contributed by atoms with Gasteiger partial charge >= 0.3 is 0 Å². The average molecular weight is 169 g/mol. The molecule has 0 saturated carbocycles. The van der Waals surface area contributed by atoms with E-state index < -0.39 is 0 Å². The van der Waals surface area contributed by atoms with Crippen LogP contribution in [0.5, 0.6) is 0 Å². The maximum absolute atomic E-state index is 5.58. The number of hydrogen-bond acceptors (Lipinski definition) is 2. The van der Waals surface area contributed by atoms with Gasteiger partial charge in [-0.3, -0.25) is 0 Å². The monoisotopic (exact) mass is 169 g/mol. The van der Waals surface area contributed by atoms with Crippen molar-refractivity contribution in [3.63, 3.8) is 0 Å². The first-order valence-corrected chi connectivity index (χ1v) is 4.33. The number of hydrogen-bond donors (Lipinski definition) is 1. The molecule has 0 aromatic rings. The first-order chi connectivity index (χ1) is 5.58. The Kier molecular flexibility index (Phi) is 4.96. The minimum Gasteiger partial charge on any atom is -0.374 e. The Morgan fingerprint density at radius 1 is 1.58 bits per heavy atom. The van der Waals surface area contributed by atoms with Gasteiger partial charge < -0.3 is 10.1 Å². The second kappa shape index (κ2) is 5.18. The number of nitrogens with one attached hydrogen (secondary N) is 1. The van der Waals surface area contributed by atoms with Crippen LogP contribution < -0.4 is 5.32 Å². The molecule has 0 aromatic carbocycles. The number of terminal acetylenes is 1. The summed E-state index contributed by atoms with van der Waals surface area (Å²) in [4.78, 5) is 0. The summed E-state index contributed by atoms with van der Waals surface area (Å²) < 4.78 is 5.58. The predicted molar refractivity (Wildman–Crippen MR) is 52.0 cm³/mol. The van der Waals surface area contributed by atoms with Crippen LogP contribution in [0.1, 0.15) is 27.2 Å². The van der Waals surface area contributed by atoms with Crippen molar-refractivity contribution < 1.29 is 4.74 Å². The Bertz CT molecular complexity index is 158. The molecule has 12 heavy (non-hydrogen) atoms. The van der Waals surface area contributed by atoms with Crippen molar-refractivity contribution >= 4 is 0 Å². The zero-order valence-corrected chi connectivity index (χ0v) is 8.48. The lowest BCUT2D eigenvalue weighted by molar-refractivity contribution is -0.0352. The molecule has 1 N–H and O–H groups in total. The van der Waals surface area contributed by atoms with E-state index in [9.17, 15) is 0 Å². The fourth-order valence-electron chi connectivity index (χ4n) is 1.29. The van der Waals surface area contributed by atoms with E-state index in [1.165, 1.54) is 0 Å². The Balaban J connectivity index is 4.17. The van der Waals surface area contributed by atoms with E-state index in [0.717, 1.165) is 6.61 Å². The standard InChI is InChI=1S/C10H19NO/c1-6-8-9(11-5)10(3,4)12-7-2/h1,9,11H,7-8H2,2-5H3. The summed E-state index contributed by atoms with van der Waals surface area (Å²) in [7, 11) is 1.91. The van der Waals surface area contributed by atoms with E-state index >= 15 is 0 Å². The SMILES string of the molecule is C#CCC(NC)C(C)(C)OCC. The van der Waals surface area contributed by atoms with Crippen molar-refractivity contribution in [1.29, 1.82) is 0 Å². The van der Waals surface area contributed by atoms with Crippen molar-refractivity contribution in [2.75, 3.05) is 13.7 Å². The number of ether oxygens (including phenoxy) is 1. The maximum Gasteiger partial charge on any atom is 0.0787 e. The molecular weight excluding hydrogens is 150 g/mol. The highest BCUT2D eigenvalue weighted by atomic mass is 16.5. The van der Waals surface area contributed by atoms with Crippen LogP contribution in [0.3, 0.4) is 0 Å². The van der Waals surface area contributed by atoms with E-state index in [2.05, 4.69) is 25.1 Å². The van der Waals surface area contributed by atoms with Crippen molar-refractivity contribution in [2.24, 2.45) is 0 Å². The van der Waals surface area contributed by atoms with Crippen LogP contribution in [0, 0.1) is 12.3 Å².